The number of oxazole rings is 1. The van der Waals surface area contributed by atoms with Gasteiger partial charge in [0, 0.05) is 39.3 Å². The topological polar surface area (TPSA) is 107 Å². The smallest absolute Gasteiger partial charge is 0.322 e. The molecule has 0 unspecified atom stereocenters. The third-order valence-electron chi connectivity index (χ3n) is 7.43. The fraction of sp³-hybridized carbons (Fsp3) is 0.429. The summed E-state index contributed by atoms with van der Waals surface area (Å²) in [6.07, 6.45) is 7.48. The first-order valence-electron chi connectivity index (χ1n) is 13.4. The van der Waals surface area contributed by atoms with Crippen molar-refractivity contribution in [3.05, 3.63) is 59.9 Å². The van der Waals surface area contributed by atoms with Crippen molar-refractivity contribution in [1.82, 2.24) is 14.9 Å². The minimum Gasteiger partial charge on any atom is -0.418 e. The van der Waals surface area contributed by atoms with Crippen LogP contribution in [0.3, 0.4) is 0 Å². The van der Waals surface area contributed by atoms with E-state index in [0.717, 1.165) is 18.7 Å². The van der Waals surface area contributed by atoms with Crippen molar-refractivity contribution in [3.63, 3.8) is 0 Å². The maximum atomic E-state index is 13.8. The second-order valence-electron chi connectivity index (χ2n) is 10.1. The van der Waals surface area contributed by atoms with Crippen LogP contribution in [0.15, 0.2) is 47.0 Å². The van der Waals surface area contributed by atoms with Crippen LogP contribution in [0.2, 0.25) is 0 Å². The summed E-state index contributed by atoms with van der Waals surface area (Å²) in [5.41, 5.74) is 1.26. The lowest BCUT2D eigenvalue weighted by molar-refractivity contribution is 0.0996. The van der Waals surface area contributed by atoms with E-state index in [-0.39, 0.29) is 23.4 Å². The molecule has 1 aliphatic heterocycles. The molecule has 1 aromatic carbocycles. The van der Waals surface area contributed by atoms with E-state index in [0.29, 0.717) is 49.6 Å². The molecule has 39 heavy (non-hydrogen) atoms. The Kier molecular flexibility index (Phi) is 7.94. The van der Waals surface area contributed by atoms with Gasteiger partial charge in [0.05, 0.1) is 23.3 Å². The predicted octanol–water partition coefficient (Wildman–Crippen LogP) is 4.89. The highest BCUT2D eigenvalue weighted by Gasteiger charge is 2.26. The molecular formula is C28H34FN7O3. The van der Waals surface area contributed by atoms with Gasteiger partial charge in [-0.3, -0.25) is 4.79 Å². The third kappa shape index (κ3) is 6.13. The van der Waals surface area contributed by atoms with Gasteiger partial charge >= 0.3 is 6.03 Å². The summed E-state index contributed by atoms with van der Waals surface area (Å²) >= 11 is 0. The summed E-state index contributed by atoms with van der Waals surface area (Å²) in [6.45, 7) is 3.88. The van der Waals surface area contributed by atoms with Crippen LogP contribution in [-0.2, 0) is 0 Å². The number of amides is 3. The number of hydrogen-bond donors (Lipinski definition) is 2. The van der Waals surface area contributed by atoms with Crippen LogP contribution in [0, 0.1) is 12.7 Å². The number of anilines is 4. The number of para-hydroxylation sites is 1. The lowest BCUT2D eigenvalue weighted by Crippen LogP contribution is -2.50. The molecule has 3 amide bonds. The Balaban J connectivity index is 1.14. The summed E-state index contributed by atoms with van der Waals surface area (Å²) < 4.78 is 19.7. The largest absolute Gasteiger partial charge is 0.418 e. The van der Waals surface area contributed by atoms with Crippen LogP contribution in [0.5, 0.6) is 0 Å². The Hall–Kier alpha value is -4.15. The highest BCUT2D eigenvalue weighted by atomic mass is 19.1. The average molecular weight is 536 g/mol. The molecule has 0 radical (unpaired) electrons. The van der Waals surface area contributed by atoms with Gasteiger partial charge in [-0.25, -0.2) is 14.2 Å². The normalized spacial score (nSPS) is 16.2. The molecular weight excluding hydrogens is 501 g/mol. The number of nitrogens with one attached hydrogen (secondary N) is 2. The highest BCUT2D eigenvalue weighted by Crippen LogP contribution is 2.27. The van der Waals surface area contributed by atoms with E-state index in [1.54, 1.807) is 36.2 Å². The van der Waals surface area contributed by atoms with Crippen molar-refractivity contribution in [2.75, 3.05) is 53.7 Å². The van der Waals surface area contributed by atoms with E-state index in [9.17, 15) is 14.0 Å². The first kappa shape index (κ1) is 26.5. The standard InChI is InChI=1S/C28H34FN7O3/c1-19-25(39-28(31-19)34(2)21-8-4-3-5-9-21)26(37)32-20-12-13-24(30-18-20)35-14-16-36(17-15-35)27(38)33-23-11-7-6-10-22(23)29/h6-7,10-13,18,21H,3-5,8-9,14-17H2,1-2H3,(H,32,37)(H,33,38). The number of carbonyl (C=O) groups is 2. The maximum absolute atomic E-state index is 13.8. The van der Waals surface area contributed by atoms with E-state index >= 15 is 0 Å². The SMILES string of the molecule is Cc1nc(N(C)C2CCCCC2)oc1C(=O)Nc1ccc(N2CCN(C(=O)Nc3ccccc3F)CC2)nc1. The number of rotatable bonds is 6. The van der Waals surface area contributed by atoms with Gasteiger partial charge in [0.15, 0.2) is 0 Å². The molecule has 0 bridgehead atoms. The molecule has 5 rings (SSSR count). The molecule has 1 saturated carbocycles. The monoisotopic (exact) mass is 535 g/mol. The van der Waals surface area contributed by atoms with Crippen LogP contribution in [0.1, 0.15) is 48.4 Å². The van der Waals surface area contributed by atoms with E-state index in [2.05, 4.69) is 25.5 Å². The van der Waals surface area contributed by atoms with Crippen molar-refractivity contribution in [2.24, 2.45) is 0 Å². The van der Waals surface area contributed by atoms with Gasteiger partial charge in [-0.2, -0.15) is 4.98 Å². The fourth-order valence-corrected chi connectivity index (χ4v) is 5.10. The van der Waals surface area contributed by atoms with Crippen LogP contribution in [0.25, 0.3) is 0 Å². The summed E-state index contributed by atoms with van der Waals surface area (Å²) in [7, 11) is 1.97. The number of urea groups is 1. The molecule has 2 aliphatic rings. The minimum atomic E-state index is -0.466. The van der Waals surface area contributed by atoms with Gasteiger partial charge < -0.3 is 29.8 Å². The number of benzene rings is 1. The van der Waals surface area contributed by atoms with Crippen molar-refractivity contribution >= 4 is 35.1 Å². The van der Waals surface area contributed by atoms with E-state index in [4.69, 9.17) is 4.42 Å². The fourth-order valence-electron chi connectivity index (χ4n) is 5.10. The van der Waals surface area contributed by atoms with E-state index in [1.165, 1.54) is 31.4 Å². The number of nitrogens with zero attached hydrogens (tertiary/aromatic N) is 5. The van der Waals surface area contributed by atoms with Crippen LogP contribution < -0.4 is 20.4 Å². The van der Waals surface area contributed by atoms with E-state index in [1.807, 2.05) is 18.0 Å². The van der Waals surface area contributed by atoms with Crippen LogP contribution >= 0.6 is 0 Å². The van der Waals surface area contributed by atoms with Crippen LogP contribution in [0.4, 0.5) is 32.4 Å². The zero-order chi connectivity index (χ0) is 27.4. The molecule has 1 aliphatic carbocycles. The average Bonchev–Trinajstić information content (AvgIpc) is 3.36. The number of aromatic nitrogens is 2. The van der Waals surface area contributed by atoms with Crippen LogP contribution in [-0.4, -0.2) is 66.1 Å². The van der Waals surface area contributed by atoms with Gasteiger partial charge in [0.1, 0.15) is 11.6 Å². The number of carbonyl (C=O) groups excluding carboxylic acids is 2. The number of pyridine rings is 1. The molecule has 2 N–H and O–H groups in total. The Morgan fingerprint density at radius 3 is 2.46 bits per heavy atom. The maximum Gasteiger partial charge on any atom is 0.322 e. The molecule has 2 aromatic heterocycles. The van der Waals surface area contributed by atoms with Crippen molar-refractivity contribution in [2.45, 2.75) is 45.1 Å². The number of aryl methyl sites for hydroxylation is 1. The molecule has 206 valence electrons. The Bertz CT molecular complexity index is 1300. The van der Waals surface area contributed by atoms with Crippen molar-refractivity contribution in [1.29, 1.82) is 0 Å². The van der Waals surface area contributed by atoms with E-state index < -0.39 is 5.82 Å². The Labute approximate surface area is 227 Å². The highest BCUT2D eigenvalue weighted by molar-refractivity contribution is 6.03. The second kappa shape index (κ2) is 11.7. The Morgan fingerprint density at radius 1 is 1.03 bits per heavy atom. The number of piperazine rings is 1. The summed E-state index contributed by atoms with van der Waals surface area (Å²) in [6, 6.07) is 10.2. The molecule has 0 atom stereocenters. The lowest BCUT2D eigenvalue weighted by atomic mass is 9.95. The second-order valence-corrected chi connectivity index (χ2v) is 10.1. The van der Waals surface area contributed by atoms with Gasteiger partial charge in [-0.05, 0) is 44.0 Å². The predicted molar refractivity (Wildman–Crippen MR) is 148 cm³/mol. The molecule has 11 heteroatoms. The first-order valence-corrected chi connectivity index (χ1v) is 13.4. The van der Waals surface area contributed by atoms with Gasteiger partial charge in [-0.1, -0.05) is 31.4 Å². The molecule has 1 saturated heterocycles. The zero-order valence-electron chi connectivity index (χ0n) is 22.3. The molecule has 10 nitrogen and oxygen atoms in total. The van der Waals surface area contributed by atoms with Crippen molar-refractivity contribution < 1.29 is 18.4 Å². The summed E-state index contributed by atoms with van der Waals surface area (Å²) in [5, 5.41) is 5.47. The Morgan fingerprint density at radius 2 is 1.77 bits per heavy atom. The molecule has 3 aromatic rings. The minimum absolute atomic E-state index is 0.164. The zero-order valence-corrected chi connectivity index (χ0v) is 22.3. The summed E-state index contributed by atoms with van der Waals surface area (Å²) in [5.74, 6) is 0.106. The summed E-state index contributed by atoms with van der Waals surface area (Å²) in [4.78, 5) is 40.2. The third-order valence-corrected chi connectivity index (χ3v) is 7.43. The van der Waals surface area contributed by atoms with Gasteiger partial charge in [-0.15, -0.1) is 0 Å². The first-order chi connectivity index (χ1) is 18.9. The number of halogens is 1. The molecule has 0 spiro atoms. The van der Waals surface area contributed by atoms with Gasteiger partial charge in [0.25, 0.3) is 11.9 Å². The molecule has 3 heterocycles. The quantitative estimate of drug-likeness (QED) is 0.463. The molecule has 2 fully saturated rings. The number of hydrogen-bond acceptors (Lipinski definition) is 7. The van der Waals surface area contributed by atoms with Crippen molar-refractivity contribution in [3.8, 4) is 0 Å². The van der Waals surface area contributed by atoms with Gasteiger partial charge in [0.2, 0.25) is 5.76 Å². The lowest BCUT2D eigenvalue weighted by Gasteiger charge is -2.35.